The summed E-state index contributed by atoms with van der Waals surface area (Å²) in [6, 6.07) is 18.8. The fraction of sp³-hybridized carbons (Fsp3) is 0.200. The van der Waals surface area contributed by atoms with Crippen LogP contribution in [-0.4, -0.2) is 31.5 Å². The molecule has 2 aromatic carbocycles. The number of aromatic nitrogens is 5. The van der Waals surface area contributed by atoms with Crippen LogP contribution in [0.5, 0.6) is 0 Å². The normalized spacial score (nSPS) is 11.9. The van der Waals surface area contributed by atoms with Crippen molar-refractivity contribution in [3.63, 3.8) is 0 Å². The van der Waals surface area contributed by atoms with Crippen LogP contribution >= 0.6 is 11.6 Å². The maximum Gasteiger partial charge on any atom is 0.110 e. The van der Waals surface area contributed by atoms with Crippen molar-refractivity contribution < 1.29 is 0 Å². The topological polar surface area (TPSA) is 128 Å². The number of fused-ring (bicyclic) bond motifs is 1. The van der Waals surface area contributed by atoms with E-state index in [1.165, 1.54) is 6.20 Å². The predicted molar refractivity (Wildman–Crippen MR) is 155 cm³/mol. The molecule has 0 aliphatic carbocycles. The fourth-order valence-corrected chi connectivity index (χ4v) is 4.56. The Labute approximate surface area is 237 Å². The lowest BCUT2D eigenvalue weighted by molar-refractivity contribution is 0.443. The van der Waals surface area contributed by atoms with E-state index < -0.39 is 6.04 Å². The Bertz CT molecular complexity index is 1760. The number of hydrogen-bond acceptors (Lipinski definition) is 8. The molecule has 0 fully saturated rings. The van der Waals surface area contributed by atoms with Gasteiger partial charge in [-0.15, -0.1) is 5.10 Å². The van der Waals surface area contributed by atoms with Crippen LogP contribution in [0, 0.1) is 28.1 Å². The Morgan fingerprint density at radius 3 is 2.52 bits per heavy atom. The van der Waals surface area contributed by atoms with Crippen LogP contribution < -0.4 is 10.6 Å². The molecule has 5 rings (SSSR count). The molecule has 5 aromatic rings. The number of rotatable bonds is 7. The summed E-state index contributed by atoms with van der Waals surface area (Å²) in [4.78, 5) is 8.61. The van der Waals surface area contributed by atoms with Gasteiger partial charge in [0.1, 0.15) is 17.8 Å². The summed E-state index contributed by atoms with van der Waals surface area (Å²) in [5.41, 5.74) is 4.70. The van der Waals surface area contributed by atoms with Crippen LogP contribution in [0.1, 0.15) is 49.2 Å². The molecular weight excluding hydrogens is 522 g/mol. The molecule has 3 heterocycles. The van der Waals surface area contributed by atoms with Gasteiger partial charge in [-0.1, -0.05) is 55.8 Å². The lowest BCUT2D eigenvalue weighted by Crippen LogP contribution is -2.20. The summed E-state index contributed by atoms with van der Waals surface area (Å²) >= 11 is 6.65. The largest absolute Gasteiger partial charge is 0.383 e. The van der Waals surface area contributed by atoms with Crippen molar-refractivity contribution in [1.29, 1.82) is 10.5 Å². The van der Waals surface area contributed by atoms with E-state index in [9.17, 15) is 10.5 Å². The Morgan fingerprint density at radius 2 is 1.82 bits per heavy atom. The molecule has 2 N–H and O–H groups in total. The van der Waals surface area contributed by atoms with Crippen LogP contribution in [0.25, 0.3) is 16.6 Å². The Morgan fingerprint density at radius 1 is 1.02 bits per heavy atom. The first-order valence-electron chi connectivity index (χ1n) is 12.6. The van der Waals surface area contributed by atoms with Crippen LogP contribution in [0.4, 0.5) is 11.4 Å². The number of hydrogen-bond donors (Lipinski definition) is 2. The van der Waals surface area contributed by atoms with Gasteiger partial charge in [0, 0.05) is 35.0 Å². The second-order valence-corrected chi connectivity index (χ2v) is 10.9. The molecule has 0 saturated carbocycles. The van der Waals surface area contributed by atoms with Gasteiger partial charge in [0.15, 0.2) is 0 Å². The minimum atomic E-state index is -0.499. The summed E-state index contributed by atoms with van der Waals surface area (Å²) in [7, 11) is 0. The van der Waals surface area contributed by atoms with Crippen LogP contribution in [0.15, 0.2) is 73.3 Å². The highest BCUT2D eigenvalue weighted by atomic mass is 35.5. The molecule has 1 atom stereocenters. The first-order chi connectivity index (χ1) is 19.3. The number of anilines is 2. The van der Waals surface area contributed by atoms with Gasteiger partial charge >= 0.3 is 0 Å². The summed E-state index contributed by atoms with van der Waals surface area (Å²) < 4.78 is 1.65. The molecule has 0 amide bonds. The van der Waals surface area contributed by atoms with E-state index in [1.54, 1.807) is 23.1 Å². The Hall–Kier alpha value is -4.99. The van der Waals surface area contributed by atoms with Gasteiger partial charge in [-0.3, -0.25) is 9.97 Å². The van der Waals surface area contributed by atoms with Crippen molar-refractivity contribution in [1.82, 2.24) is 25.0 Å². The molecule has 0 saturated heterocycles. The first kappa shape index (κ1) is 26.6. The van der Waals surface area contributed by atoms with Gasteiger partial charge in [-0.25, -0.2) is 4.68 Å². The van der Waals surface area contributed by atoms with Gasteiger partial charge in [-0.05, 0) is 41.3 Å². The van der Waals surface area contributed by atoms with E-state index in [1.807, 2.05) is 48.7 Å². The zero-order valence-corrected chi connectivity index (χ0v) is 23.0. The highest BCUT2D eigenvalue weighted by Crippen LogP contribution is 2.35. The standard InChI is InChI=1S/C30H26ClN9/c1-30(2,3)18-36-28-20(14-33)15-35-27-19(13-32)11-21(12-24(27)28)37-29(23-8-4-5-9-25(23)31)26-17-40(39-38-26)22-7-6-10-34-16-22/h4-12,15-17,29,37H,18H2,1-3H3,(H,35,36). The number of nitriles is 2. The third kappa shape index (κ3) is 5.56. The molecule has 1 unspecified atom stereocenters. The predicted octanol–water partition coefficient (Wildman–Crippen LogP) is 6.27. The van der Waals surface area contributed by atoms with Gasteiger partial charge in [0.2, 0.25) is 0 Å². The van der Waals surface area contributed by atoms with Crippen molar-refractivity contribution in [2.75, 3.05) is 17.2 Å². The molecule has 0 aliphatic rings. The number of nitrogens with one attached hydrogen (secondary N) is 2. The van der Waals surface area contributed by atoms with E-state index in [0.29, 0.717) is 50.7 Å². The highest BCUT2D eigenvalue weighted by molar-refractivity contribution is 6.31. The van der Waals surface area contributed by atoms with E-state index in [-0.39, 0.29) is 5.41 Å². The third-order valence-electron chi connectivity index (χ3n) is 6.25. The molecular formula is C30H26ClN9. The fourth-order valence-electron chi connectivity index (χ4n) is 4.31. The van der Waals surface area contributed by atoms with Crippen LogP contribution in [-0.2, 0) is 0 Å². The smallest absolute Gasteiger partial charge is 0.110 e. The first-order valence-corrected chi connectivity index (χ1v) is 13.0. The van der Waals surface area contributed by atoms with E-state index >= 15 is 0 Å². The molecule has 0 spiro atoms. The van der Waals surface area contributed by atoms with Crippen molar-refractivity contribution in [2.24, 2.45) is 5.41 Å². The van der Waals surface area contributed by atoms with E-state index in [2.05, 4.69) is 63.8 Å². The zero-order valence-electron chi connectivity index (χ0n) is 22.2. The minimum Gasteiger partial charge on any atom is -0.383 e. The molecule has 3 aromatic heterocycles. The lowest BCUT2D eigenvalue weighted by atomic mass is 9.96. The molecule has 0 bridgehead atoms. The average Bonchev–Trinajstić information content (AvgIpc) is 3.45. The van der Waals surface area contributed by atoms with Crippen molar-refractivity contribution in [3.05, 3.63) is 101 Å². The lowest BCUT2D eigenvalue weighted by Gasteiger charge is -2.22. The summed E-state index contributed by atoms with van der Waals surface area (Å²) in [5.74, 6) is 0. The van der Waals surface area contributed by atoms with Gasteiger partial charge in [0.05, 0.1) is 46.5 Å². The average molecular weight is 548 g/mol. The molecule has 198 valence electrons. The second-order valence-electron chi connectivity index (χ2n) is 10.5. The molecule has 10 heteroatoms. The summed E-state index contributed by atoms with van der Waals surface area (Å²) in [6.45, 7) is 6.95. The number of pyridine rings is 2. The maximum absolute atomic E-state index is 10.0. The quantitative estimate of drug-likeness (QED) is 0.244. The van der Waals surface area contributed by atoms with Crippen LogP contribution in [0.2, 0.25) is 5.02 Å². The Kier molecular flexibility index (Phi) is 7.33. The highest BCUT2D eigenvalue weighted by Gasteiger charge is 2.23. The molecule has 40 heavy (non-hydrogen) atoms. The number of nitrogens with zero attached hydrogens (tertiary/aromatic N) is 7. The number of halogens is 1. The van der Waals surface area contributed by atoms with E-state index in [0.717, 1.165) is 11.3 Å². The minimum absolute atomic E-state index is 0.0362. The van der Waals surface area contributed by atoms with Gasteiger partial charge in [0.25, 0.3) is 0 Å². The van der Waals surface area contributed by atoms with E-state index in [4.69, 9.17) is 11.6 Å². The third-order valence-corrected chi connectivity index (χ3v) is 6.60. The SMILES string of the molecule is CC(C)(C)CNc1c(C#N)cnc2c(C#N)cc(NC(c3cn(-c4cccnc4)nn3)c3ccccc3Cl)cc12. The number of benzene rings is 2. The second kappa shape index (κ2) is 11.0. The van der Waals surface area contributed by atoms with Gasteiger partial charge < -0.3 is 10.6 Å². The maximum atomic E-state index is 10.0. The van der Waals surface area contributed by atoms with Crippen molar-refractivity contribution >= 4 is 33.9 Å². The molecule has 0 aliphatic heterocycles. The molecule has 9 nitrogen and oxygen atoms in total. The summed E-state index contributed by atoms with van der Waals surface area (Å²) in [6.07, 6.45) is 6.71. The Balaban J connectivity index is 1.63. The van der Waals surface area contributed by atoms with Gasteiger partial charge in [-0.2, -0.15) is 10.5 Å². The van der Waals surface area contributed by atoms with Crippen molar-refractivity contribution in [3.8, 4) is 17.8 Å². The zero-order chi connectivity index (χ0) is 28.3. The van der Waals surface area contributed by atoms with Crippen molar-refractivity contribution in [2.45, 2.75) is 26.8 Å². The monoisotopic (exact) mass is 547 g/mol. The summed E-state index contributed by atoms with van der Waals surface area (Å²) in [5, 5.41) is 36.8. The molecule has 0 radical (unpaired) electrons. The van der Waals surface area contributed by atoms with Crippen LogP contribution in [0.3, 0.4) is 0 Å².